The van der Waals surface area contributed by atoms with E-state index in [1.807, 2.05) is 0 Å². The first-order chi connectivity index (χ1) is 12.9. The first-order valence-electron chi connectivity index (χ1n) is 9.73. The van der Waals surface area contributed by atoms with Crippen molar-refractivity contribution in [3.8, 4) is 0 Å². The van der Waals surface area contributed by atoms with E-state index < -0.39 is 52.4 Å². The van der Waals surface area contributed by atoms with Crippen molar-refractivity contribution < 1.29 is 41.0 Å². The Bertz CT molecular complexity index is 627. The summed E-state index contributed by atoms with van der Waals surface area (Å²) in [5.41, 5.74) is 0. The average Bonchev–Trinajstić information content (AvgIpc) is 3.12. The molecule has 0 aromatic heterocycles. The van der Waals surface area contributed by atoms with Gasteiger partial charge in [-0.25, -0.2) is 0 Å². The van der Waals surface area contributed by atoms with Crippen molar-refractivity contribution in [1.29, 1.82) is 0 Å². The van der Waals surface area contributed by atoms with E-state index in [4.69, 9.17) is 32.6 Å². The first kappa shape index (κ1) is 22.4. The van der Waals surface area contributed by atoms with Gasteiger partial charge in [-0.05, 0) is 47.0 Å². The molecule has 5 unspecified atom stereocenters. The zero-order valence-electron chi connectivity index (χ0n) is 17.2. The van der Waals surface area contributed by atoms with E-state index in [2.05, 4.69) is 0 Å². The quantitative estimate of drug-likeness (QED) is 0.564. The van der Waals surface area contributed by atoms with Gasteiger partial charge in [0.25, 0.3) is 10.1 Å². The van der Waals surface area contributed by atoms with Crippen LogP contribution in [0.5, 0.6) is 0 Å². The maximum Gasteiger partial charge on any atom is 0.264 e. The molecule has 0 aliphatic carbocycles. The molecule has 3 heterocycles. The summed E-state index contributed by atoms with van der Waals surface area (Å²) in [6, 6.07) is 0. The van der Waals surface area contributed by atoms with Crippen LogP contribution in [0.1, 0.15) is 47.0 Å². The molecule has 0 bridgehead atoms. The van der Waals surface area contributed by atoms with Crippen LogP contribution in [0, 0.1) is 0 Å². The zero-order chi connectivity index (χ0) is 20.6. The molecule has 3 saturated heterocycles. The van der Waals surface area contributed by atoms with Crippen molar-refractivity contribution in [3.05, 3.63) is 0 Å². The highest BCUT2D eigenvalue weighted by Gasteiger charge is 2.50. The molecule has 0 radical (unpaired) electrons. The number of hydrogen-bond donors (Lipinski definition) is 0. The van der Waals surface area contributed by atoms with Crippen molar-refractivity contribution in [2.45, 2.75) is 89.2 Å². The normalized spacial score (nSPS) is 35.0. The third-order valence-electron chi connectivity index (χ3n) is 4.85. The van der Waals surface area contributed by atoms with Crippen molar-refractivity contribution in [2.75, 3.05) is 26.1 Å². The van der Waals surface area contributed by atoms with Gasteiger partial charge in [-0.2, -0.15) is 8.42 Å². The lowest BCUT2D eigenvalue weighted by molar-refractivity contribution is -0.246. The summed E-state index contributed by atoms with van der Waals surface area (Å²) in [4.78, 5) is 0. The van der Waals surface area contributed by atoms with Gasteiger partial charge in [0.1, 0.15) is 24.4 Å². The molecule has 3 aliphatic heterocycles. The molecule has 10 heteroatoms. The molecule has 3 rings (SSSR count). The minimum absolute atomic E-state index is 0.176. The van der Waals surface area contributed by atoms with Gasteiger partial charge in [-0.15, -0.1) is 0 Å². The Kier molecular flexibility index (Phi) is 6.73. The molecule has 9 nitrogen and oxygen atoms in total. The van der Waals surface area contributed by atoms with Crippen molar-refractivity contribution >= 4 is 10.1 Å². The van der Waals surface area contributed by atoms with Crippen LogP contribution in [0.2, 0.25) is 0 Å². The average molecular weight is 425 g/mol. The zero-order valence-corrected chi connectivity index (χ0v) is 18.0. The molecule has 0 spiro atoms. The van der Waals surface area contributed by atoms with Gasteiger partial charge in [0.15, 0.2) is 17.9 Å². The smallest absolute Gasteiger partial charge is 0.264 e. The minimum atomic E-state index is -3.79. The number of rotatable bonds is 7. The van der Waals surface area contributed by atoms with E-state index in [1.54, 1.807) is 27.7 Å². The summed E-state index contributed by atoms with van der Waals surface area (Å²) in [5, 5.41) is 0. The Morgan fingerprint density at radius 2 is 1.50 bits per heavy atom. The molecule has 0 aromatic carbocycles. The molecule has 28 heavy (non-hydrogen) atoms. The van der Waals surface area contributed by atoms with Gasteiger partial charge in [0.05, 0.1) is 19.5 Å². The van der Waals surface area contributed by atoms with Crippen LogP contribution < -0.4 is 0 Å². The monoisotopic (exact) mass is 424 g/mol. The maximum absolute atomic E-state index is 12.0. The van der Waals surface area contributed by atoms with E-state index in [0.717, 1.165) is 19.1 Å². The highest BCUT2D eigenvalue weighted by Crippen LogP contribution is 2.34. The van der Waals surface area contributed by atoms with Gasteiger partial charge in [0, 0.05) is 6.61 Å². The molecule has 0 N–H and O–H groups in total. The van der Waals surface area contributed by atoms with Crippen LogP contribution in [0.15, 0.2) is 0 Å². The fourth-order valence-electron chi connectivity index (χ4n) is 3.66. The second-order valence-electron chi connectivity index (χ2n) is 8.40. The predicted molar refractivity (Wildman–Crippen MR) is 98.0 cm³/mol. The van der Waals surface area contributed by atoms with Gasteiger partial charge < -0.3 is 28.4 Å². The SMILES string of the molecule is CC1(C)OCC(C(OC2CCCCO2)C(OS(C)(=O)=O)C2COC(C)(C)O2)O1. The van der Waals surface area contributed by atoms with E-state index in [-0.39, 0.29) is 13.2 Å². The predicted octanol–water partition coefficient (Wildman–Crippen LogP) is 1.55. The molecular formula is C18H32O9S. The van der Waals surface area contributed by atoms with Crippen molar-refractivity contribution in [3.63, 3.8) is 0 Å². The van der Waals surface area contributed by atoms with Crippen molar-refractivity contribution in [2.24, 2.45) is 0 Å². The summed E-state index contributed by atoms with van der Waals surface area (Å²) in [7, 11) is -3.79. The summed E-state index contributed by atoms with van der Waals surface area (Å²) in [6.45, 7) is 8.14. The molecule has 3 aliphatic rings. The summed E-state index contributed by atoms with van der Waals surface area (Å²) in [5.74, 6) is -1.65. The Morgan fingerprint density at radius 1 is 0.929 bits per heavy atom. The molecular weight excluding hydrogens is 392 g/mol. The van der Waals surface area contributed by atoms with Crippen LogP contribution in [-0.2, 0) is 42.7 Å². The third-order valence-corrected chi connectivity index (χ3v) is 5.42. The van der Waals surface area contributed by atoms with E-state index in [1.165, 1.54) is 0 Å². The van der Waals surface area contributed by atoms with Gasteiger partial charge in [0.2, 0.25) is 0 Å². The van der Waals surface area contributed by atoms with Gasteiger partial charge >= 0.3 is 0 Å². The van der Waals surface area contributed by atoms with Crippen molar-refractivity contribution in [1.82, 2.24) is 0 Å². The lowest BCUT2D eigenvalue weighted by Crippen LogP contribution is -2.52. The minimum Gasteiger partial charge on any atom is -0.353 e. The standard InChI is InChI=1S/C18H32O9S/c1-17(2)22-10-12(25-17)15(24-14-8-6-7-9-21-14)16(27-28(5,19)20)13-11-23-18(3,4)26-13/h12-16H,6-11H2,1-5H3. The Labute approximate surface area is 167 Å². The third kappa shape index (κ3) is 6.09. The molecule has 164 valence electrons. The molecule has 0 amide bonds. The largest absolute Gasteiger partial charge is 0.353 e. The lowest BCUT2D eigenvalue weighted by atomic mass is 10.0. The topological polar surface area (TPSA) is 98.8 Å². The second-order valence-corrected chi connectivity index (χ2v) is 10.00. The summed E-state index contributed by atoms with van der Waals surface area (Å²) < 4.78 is 64.6. The fraction of sp³-hybridized carbons (Fsp3) is 1.00. The molecule has 0 aromatic rings. The Hall–Kier alpha value is -0.330. The second kappa shape index (κ2) is 8.43. The summed E-state index contributed by atoms with van der Waals surface area (Å²) >= 11 is 0. The molecule has 3 fully saturated rings. The van der Waals surface area contributed by atoms with Crippen LogP contribution in [-0.4, -0.2) is 76.8 Å². The Balaban J connectivity index is 1.85. The fourth-order valence-corrected chi connectivity index (χ4v) is 4.29. The van der Waals surface area contributed by atoms with Crippen LogP contribution in [0.4, 0.5) is 0 Å². The first-order valence-corrected chi connectivity index (χ1v) is 11.5. The summed E-state index contributed by atoms with van der Waals surface area (Å²) in [6.07, 6.45) is 0.262. The number of hydrogen-bond acceptors (Lipinski definition) is 9. The molecule has 5 atom stereocenters. The van der Waals surface area contributed by atoms with E-state index in [9.17, 15) is 8.42 Å². The molecule has 0 saturated carbocycles. The highest BCUT2D eigenvalue weighted by atomic mass is 32.2. The van der Waals surface area contributed by atoms with Gasteiger partial charge in [-0.3, -0.25) is 4.18 Å². The van der Waals surface area contributed by atoms with Gasteiger partial charge in [-0.1, -0.05) is 0 Å². The van der Waals surface area contributed by atoms with E-state index in [0.29, 0.717) is 13.0 Å². The lowest BCUT2D eigenvalue weighted by Gasteiger charge is -2.36. The number of ether oxygens (including phenoxy) is 6. The Morgan fingerprint density at radius 3 is 1.93 bits per heavy atom. The highest BCUT2D eigenvalue weighted by molar-refractivity contribution is 7.86. The maximum atomic E-state index is 12.0. The van der Waals surface area contributed by atoms with Crippen LogP contribution >= 0.6 is 0 Å². The van der Waals surface area contributed by atoms with E-state index >= 15 is 0 Å². The van der Waals surface area contributed by atoms with Crippen LogP contribution in [0.25, 0.3) is 0 Å². The van der Waals surface area contributed by atoms with Crippen LogP contribution in [0.3, 0.4) is 0 Å².